The molecule has 1 saturated heterocycles. The number of carbonyl (C=O) groups is 1. The standard InChI is InChI=1S/C32H37FN2O.2ClH/c33-31-13-8-27(9-14-31)23-35-18-4-7-28-11-12-29(21-30(28)24-35)32(36)15-10-25-16-19-34(20-17-25)22-26-5-2-1-3-6-26;;/h1-3,5-6,8-9,11-14,21,25H,4,7,10,15-20,22-24H2;2*1H. The van der Waals surface area contributed by atoms with E-state index in [0.717, 1.165) is 69.7 Å². The fourth-order valence-electron chi connectivity index (χ4n) is 5.74. The van der Waals surface area contributed by atoms with Crippen molar-refractivity contribution in [3.05, 3.63) is 106 Å². The molecule has 204 valence electrons. The molecule has 0 amide bonds. The number of likely N-dealkylation sites (tertiary alicyclic amines) is 1. The summed E-state index contributed by atoms with van der Waals surface area (Å²) in [5.41, 5.74) is 6.00. The van der Waals surface area contributed by atoms with Gasteiger partial charge >= 0.3 is 0 Å². The highest BCUT2D eigenvalue weighted by Gasteiger charge is 2.21. The molecule has 0 aromatic heterocycles. The van der Waals surface area contributed by atoms with E-state index in [1.54, 1.807) is 0 Å². The molecule has 2 aliphatic rings. The van der Waals surface area contributed by atoms with Crippen LogP contribution in [0.4, 0.5) is 4.39 Å². The van der Waals surface area contributed by atoms with Crippen molar-refractivity contribution in [1.29, 1.82) is 0 Å². The molecule has 3 nitrogen and oxygen atoms in total. The minimum atomic E-state index is -0.194. The zero-order valence-corrected chi connectivity index (χ0v) is 23.6. The summed E-state index contributed by atoms with van der Waals surface area (Å²) >= 11 is 0. The Morgan fingerprint density at radius 2 is 1.47 bits per heavy atom. The molecule has 5 rings (SSSR count). The van der Waals surface area contributed by atoms with E-state index in [0.29, 0.717) is 12.3 Å². The number of benzene rings is 3. The van der Waals surface area contributed by atoms with Gasteiger partial charge in [0.25, 0.3) is 0 Å². The monoisotopic (exact) mass is 556 g/mol. The molecule has 0 atom stereocenters. The highest BCUT2D eigenvalue weighted by molar-refractivity contribution is 5.96. The van der Waals surface area contributed by atoms with Gasteiger partial charge < -0.3 is 0 Å². The van der Waals surface area contributed by atoms with Gasteiger partial charge in [0.05, 0.1) is 0 Å². The van der Waals surface area contributed by atoms with Crippen LogP contribution in [0.1, 0.15) is 64.7 Å². The predicted molar refractivity (Wildman–Crippen MR) is 158 cm³/mol. The van der Waals surface area contributed by atoms with Crippen LogP contribution in [0.25, 0.3) is 0 Å². The Morgan fingerprint density at radius 3 is 2.21 bits per heavy atom. The predicted octanol–water partition coefficient (Wildman–Crippen LogP) is 7.49. The summed E-state index contributed by atoms with van der Waals surface area (Å²) in [7, 11) is 0. The highest BCUT2D eigenvalue weighted by Crippen LogP contribution is 2.26. The number of rotatable bonds is 8. The number of piperidine rings is 1. The maximum atomic E-state index is 13.3. The van der Waals surface area contributed by atoms with Crippen LogP contribution in [0.3, 0.4) is 0 Å². The zero-order valence-electron chi connectivity index (χ0n) is 22.0. The first-order valence-electron chi connectivity index (χ1n) is 13.5. The second-order valence-corrected chi connectivity index (χ2v) is 10.6. The maximum Gasteiger partial charge on any atom is 0.162 e. The molecule has 1 fully saturated rings. The van der Waals surface area contributed by atoms with Gasteiger partial charge in [0.15, 0.2) is 5.78 Å². The van der Waals surface area contributed by atoms with Crippen molar-refractivity contribution in [1.82, 2.24) is 9.80 Å². The largest absolute Gasteiger partial charge is 0.299 e. The minimum absolute atomic E-state index is 0. The van der Waals surface area contributed by atoms with E-state index in [1.165, 1.54) is 41.7 Å². The topological polar surface area (TPSA) is 23.6 Å². The lowest BCUT2D eigenvalue weighted by molar-refractivity contribution is 0.0961. The molecule has 0 N–H and O–H groups in total. The van der Waals surface area contributed by atoms with Gasteiger partial charge in [-0.05, 0) is 98.1 Å². The van der Waals surface area contributed by atoms with Crippen LogP contribution in [0.5, 0.6) is 0 Å². The molecular formula is C32H39Cl2FN2O. The second-order valence-electron chi connectivity index (χ2n) is 10.6. The van der Waals surface area contributed by atoms with Crippen LogP contribution in [-0.2, 0) is 26.1 Å². The Bertz CT molecular complexity index is 1150. The molecule has 6 heteroatoms. The van der Waals surface area contributed by atoms with Crippen molar-refractivity contribution in [3.63, 3.8) is 0 Å². The number of Topliss-reactive ketones (excluding diaryl/α,β-unsaturated/α-hetero) is 1. The van der Waals surface area contributed by atoms with Crippen molar-refractivity contribution in [2.24, 2.45) is 5.92 Å². The zero-order chi connectivity index (χ0) is 24.7. The Kier molecular flexibility index (Phi) is 11.8. The van der Waals surface area contributed by atoms with Crippen molar-refractivity contribution >= 4 is 30.6 Å². The van der Waals surface area contributed by atoms with E-state index in [9.17, 15) is 9.18 Å². The Morgan fingerprint density at radius 1 is 0.789 bits per heavy atom. The number of fused-ring (bicyclic) bond motifs is 1. The number of hydrogen-bond acceptors (Lipinski definition) is 3. The number of aryl methyl sites for hydroxylation is 1. The lowest BCUT2D eigenvalue weighted by Gasteiger charge is -2.32. The maximum absolute atomic E-state index is 13.3. The normalized spacial score (nSPS) is 16.6. The van der Waals surface area contributed by atoms with E-state index >= 15 is 0 Å². The van der Waals surface area contributed by atoms with Gasteiger partial charge in [-0.25, -0.2) is 4.39 Å². The van der Waals surface area contributed by atoms with Gasteiger partial charge in [0, 0.05) is 31.6 Å². The summed E-state index contributed by atoms with van der Waals surface area (Å²) in [5, 5.41) is 0. The third-order valence-corrected chi connectivity index (χ3v) is 7.90. The van der Waals surface area contributed by atoms with Crippen LogP contribution in [-0.4, -0.2) is 35.2 Å². The number of hydrogen-bond donors (Lipinski definition) is 0. The molecular weight excluding hydrogens is 518 g/mol. The Hall–Kier alpha value is -2.24. The average Bonchev–Trinajstić information content (AvgIpc) is 3.11. The summed E-state index contributed by atoms with van der Waals surface area (Å²) in [6, 6.07) is 23.9. The van der Waals surface area contributed by atoms with E-state index in [4.69, 9.17) is 0 Å². The van der Waals surface area contributed by atoms with Crippen LogP contribution in [0.2, 0.25) is 0 Å². The summed E-state index contributed by atoms with van der Waals surface area (Å²) < 4.78 is 13.3. The second kappa shape index (κ2) is 14.8. The van der Waals surface area contributed by atoms with Gasteiger partial charge in [-0.15, -0.1) is 24.8 Å². The third-order valence-electron chi connectivity index (χ3n) is 7.90. The third kappa shape index (κ3) is 8.38. The minimum Gasteiger partial charge on any atom is -0.299 e. The van der Waals surface area contributed by atoms with E-state index < -0.39 is 0 Å². The summed E-state index contributed by atoms with van der Waals surface area (Å²) in [4.78, 5) is 18.1. The lowest BCUT2D eigenvalue weighted by Crippen LogP contribution is -2.33. The summed E-state index contributed by atoms with van der Waals surface area (Å²) in [5.74, 6) is 0.729. The smallest absolute Gasteiger partial charge is 0.162 e. The van der Waals surface area contributed by atoms with Crippen LogP contribution < -0.4 is 0 Å². The van der Waals surface area contributed by atoms with Crippen molar-refractivity contribution in [3.8, 4) is 0 Å². The first-order valence-corrected chi connectivity index (χ1v) is 13.5. The number of halogens is 3. The lowest BCUT2D eigenvalue weighted by atomic mass is 9.89. The quantitative estimate of drug-likeness (QED) is 0.268. The summed E-state index contributed by atoms with van der Waals surface area (Å²) in [6.45, 7) is 5.93. The molecule has 3 aromatic rings. The van der Waals surface area contributed by atoms with Gasteiger partial charge in [-0.3, -0.25) is 14.6 Å². The first kappa shape index (κ1) is 30.3. The highest BCUT2D eigenvalue weighted by atomic mass is 35.5. The van der Waals surface area contributed by atoms with Gasteiger partial charge in [0.2, 0.25) is 0 Å². The van der Waals surface area contributed by atoms with E-state index in [1.807, 2.05) is 18.2 Å². The van der Waals surface area contributed by atoms with Crippen LogP contribution in [0.15, 0.2) is 72.8 Å². The van der Waals surface area contributed by atoms with E-state index in [-0.39, 0.29) is 36.4 Å². The molecule has 0 bridgehead atoms. The first-order chi connectivity index (χ1) is 17.6. The molecule has 38 heavy (non-hydrogen) atoms. The number of nitrogens with zero attached hydrogens (tertiary/aromatic N) is 2. The van der Waals surface area contributed by atoms with Crippen LogP contribution >= 0.6 is 24.8 Å². The fraction of sp³-hybridized carbons (Fsp3) is 0.406. The molecule has 0 radical (unpaired) electrons. The number of carbonyl (C=O) groups excluding carboxylic acids is 1. The fourth-order valence-corrected chi connectivity index (χ4v) is 5.74. The van der Waals surface area contributed by atoms with Gasteiger partial charge in [-0.1, -0.05) is 54.6 Å². The molecule has 0 aliphatic carbocycles. The van der Waals surface area contributed by atoms with Crippen molar-refractivity contribution in [2.45, 2.75) is 58.2 Å². The molecule has 0 saturated carbocycles. The Balaban J connectivity index is 0.00000200. The Labute approximate surface area is 239 Å². The van der Waals surface area contributed by atoms with Crippen LogP contribution in [0, 0.1) is 11.7 Å². The van der Waals surface area contributed by atoms with E-state index in [2.05, 4.69) is 52.3 Å². The molecule has 0 unspecified atom stereocenters. The van der Waals surface area contributed by atoms with Crippen molar-refractivity contribution in [2.75, 3.05) is 19.6 Å². The average molecular weight is 558 g/mol. The van der Waals surface area contributed by atoms with Gasteiger partial charge in [0.1, 0.15) is 5.82 Å². The molecule has 0 spiro atoms. The SMILES string of the molecule is Cl.Cl.O=C(CCC1CCN(Cc2ccccc2)CC1)c1ccc2c(c1)CN(Cc1ccc(F)cc1)CCC2. The number of ketones is 1. The molecule has 2 heterocycles. The molecule has 2 aliphatic heterocycles. The van der Waals surface area contributed by atoms with Gasteiger partial charge in [-0.2, -0.15) is 0 Å². The van der Waals surface area contributed by atoms with Crippen molar-refractivity contribution < 1.29 is 9.18 Å². The molecule has 3 aromatic carbocycles. The summed E-state index contributed by atoms with van der Waals surface area (Å²) in [6.07, 6.45) is 6.15.